The van der Waals surface area contributed by atoms with Crippen LogP contribution in [0.5, 0.6) is 11.5 Å². The van der Waals surface area contributed by atoms with Gasteiger partial charge in [-0.2, -0.15) is 0 Å². The summed E-state index contributed by atoms with van der Waals surface area (Å²) < 4.78 is 9.87. The Bertz CT molecular complexity index is 583. The summed E-state index contributed by atoms with van der Waals surface area (Å²) in [7, 11) is 2.55. The lowest BCUT2D eigenvalue weighted by Gasteiger charge is -2.14. The molecule has 0 saturated carbocycles. The van der Waals surface area contributed by atoms with Gasteiger partial charge in [-0.15, -0.1) is 0 Å². The highest BCUT2D eigenvalue weighted by molar-refractivity contribution is 5.84. The first-order valence-electron chi connectivity index (χ1n) is 5.66. The molecule has 9 heteroatoms. The van der Waals surface area contributed by atoms with Gasteiger partial charge in [0, 0.05) is 5.56 Å². The lowest BCUT2D eigenvalue weighted by atomic mass is 9.93. The third kappa shape index (κ3) is 3.59. The second-order valence-corrected chi connectivity index (χ2v) is 4.01. The Balaban J connectivity index is 3.52. The van der Waals surface area contributed by atoms with Crippen LogP contribution in [0.2, 0.25) is 0 Å². The van der Waals surface area contributed by atoms with Crippen LogP contribution in [-0.2, 0) is 9.59 Å². The van der Waals surface area contributed by atoms with E-state index in [9.17, 15) is 19.7 Å². The molecule has 0 heterocycles. The number of hydrogen-bond acceptors (Lipinski definition) is 6. The molecule has 0 fully saturated rings. The molecule has 0 bridgehead atoms. The number of hydrogen-bond donors (Lipinski definition) is 2. The minimum Gasteiger partial charge on any atom is -0.493 e. The van der Waals surface area contributed by atoms with Gasteiger partial charge in [0.05, 0.1) is 37.5 Å². The van der Waals surface area contributed by atoms with E-state index in [1.807, 2.05) is 0 Å². The Morgan fingerprint density at radius 3 is 2.14 bits per heavy atom. The van der Waals surface area contributed by atoms with E-state index in [-0.39, 0.29) is 17.1 Å². The van der Waals surface area contributed by atoms with Gasteiger partial charge in [-0.25, -0.2) is 0 Å². The van der Waals surface area contributed by atoms with Gasteiger partial charge < -0.3 is 19.7 Å². The average Bonchev–Trinajstić information content (AvgIpc) is 2.42. The maximum Gasteiger partial charge on any atom is 0.311 e. The number of carbonyl (C=O) groups is 2. The molecular weight excluding hydrogens is 286 g/mol. The van der Waals surface area contributed by atoms with Gasteiger partial charge >= 0.3 is 11.9 Å². The van der Waals surface area contributed by atoms with Crippen molar-refractivity contribution in [1.82, 2.24) is 0 Å². The molecule has 1 rings (SSSR count). The van der Waals surface area contributed by atoms with E-state index in [1.54, 1.807) is 0 Å². The quantitative estimate of drug-likeness (QED) is 0.567. The summed E-state index contributed by atoms with van der Waals surface area (Å²) in [5.74, 6) is -4.30. The Hall–Kier alpha value is -2.84. The number of aliphatic carboxylic acids is 2. The highest BCUT2D eigenvalue weighted by Crippen LogP contribution is 2.39. The zero-order chi connectivity index (χ0) is 16.2. The van der Waals surface area contributed by atoms with Crippen LogP contribution in [-0.4, -0.2) is 41.3 Å². The van der Waals surface area contributed by atoms with Crippen LogP contribution in [0, 0.1) is 10.1 Å². The van der Waals surface area contributed by atoms with Crippen LogP contribution in [0.3, 0.4) is 0 Å². The zero-order valence-electron chi connectivity index (χ0n) is 11.2. The van der Waals surface area contributed by atoms with E-state index in [1.165, 1.54) is 14.2 Å². The highest BCUT2D eigenvalue weighted by Gasteiger charge is 2.32. The van der Waals surface area contributed by atoms with Crippen molar-refractivity contribution in [2.24, 2.45) is 0 Å². The molecule has 9 nitrogen and oxygen atoms in total. The van der Waals surface area contributed by atoms with Crippen molar-refractivity contribution in [2.45, 2.75) is 12.3 Å². The second-order valence-electron chi connectivity index (χ2n) is 4.01. The third-order valence-electron chi connectivity index (χ3n) is 2.78. The molecule has 0 saturated heterocycles. The number of nitrogens with zero attached hydrogens (tertiary/aromatic N) is 1. The topological polar surface area (TPSA) is 136 Å². The molecule has 2 N–H and O–H groups in total. The molecule has 0 aliphatic heterocycles. The number of methoxy groups -OCH3 is 2. The Labute approximate surface area is 118 Å². The summed E-state index contributed by atoms with van der Waals surface area (Å²) in [5, 5.41) is 28.9. The molecule has 0 unspecified atom stereocenters. The minimum atomic E-state index is -1.57. The van der Waals surface area contributed by atoms with Crippen LogP contribution in [0.1, 0.15) is 17.9 Å². The summed E-state index contributed by atoms with van der Waals surface area (Å²) >= 11 is 0. The zero-order valence-corrected chi connectivity index (χ0v) is 11.2. The van der Waals surface area contributed by atoms with Crippen LogP contribution in [0.25, 0.3) is 0 Å². The molecular formula is C12H13NO8. The third-order valence-corrected chi connectivity index (χ3v) is 2.78. The first kappa shape index (κ1) is 16.2. The number of rotatable bonds is 7. The molecule has 1 aromatic carbocycles. The standard InChI is InChI=1S/C12H13NO8/c1-20-9-3-6(7(12(16)17)4-11(14)15)8(13(18)19)5-10(9)21-2/h3,5,7H,4H2,1-2H3,(H,14,15)(H,16,17)/t7-/m1/s1. The van der Waals surface area contributed by atoms with Crippen LogP contribution in [0.15, 0.2) is 12.1 Å². The molecule has 0 aliphatic rings. The smallest absolute Gasteiger partial charge is 0.311 e. The van der Waals surface area contributed by atoms with E-state index >= 15 is 0 Å². The molecule has 0 aliphatic carbocycles. The van der Waals surface area contributed by atoms with Crippen molar-refractivity contribution < 1.29 is 34.2 Å². The maximum atomic E-state index is 11.2. The van der Waals surface area contributed by atoms with Crippen LogP contribution >= 0.6 is 0 Å². The molecule has 114 valence electrons. The second kappa shape index (κ2) is 6.55. The molecule has 1 atom stereocenters. The van der Waals surface area contributed by atoms with Crippen molar-refractivity contribution >= 4 is 17.6 Å². The average molecular weight is 299 g/mol. The van der Waals surface area contributed by atoms with Crippen molar-refractivity contribution in [3.05, 3.63) is 27.8 Å². The van der Waals surface area contributed by atoms with Crippen molar-refractivity contribution in [3.8, 4) is 11.5 Å². The van der Waals surface area contributed by atoms with Crippen LogP contribution < -0.4 is 9.47 Å². The van der Waals surface area contributed by atoms with Gasteiger partial charge in [-0.1, -0.05) is 0 Å². The predicted octanol–water partition coefficient (Wildman–Crippen LogP) is 1.25. The maximum absolute atomic E-state index is 11.2. The lowest BCUT2D eigenvalue weighted by Crippen LogP contribution is -2.17. The normalized spacial score (nSPS) is 11.5. The molecule has 21 heavy (non-hydrogen) atoms. The molecule has 0 amide bonds. The van der Waals surface area contributed by atoms with E-state index in [0.717, 1.165) is 12.1 Å². The van der Waals surface area contributed by atoms with E-state index < -0.39 is 34.9 Å². The van der Waals surface area contributed by atoms with E-state index in [0.29, 0.717) is 0 Å². The van der Waals surface area contributed by atoms with Crippen LogP contribution in [0.4, 0.5) is 5.69 Å². The highest BCUT2D eigenvalue weighted by atomic mass is 16.6. The Morgan fingerprint density at radius 1 is 1.24 bits per heavy atom. The fourth-order valence-electron chi connectivity index (χ4n) is 1.83. The summed E-state index contributed by atoms with van der Waals surface area (Å²) in [6.45, 7) is 0. The Kier molecular flexibility index (Phi) is 5.06. The number of nitro benzene ring substituents is 1. The first-order valence-corrected chi connectivity index (χ1v) is 5.66. The Morgan fingerprint density at radius 2 is 1.76 bits per heavy atom. The van der Waals surface area contributed by atoms with Gasteiger partial charge in [-0.05, 0) is 6.07 Å². The van der Waals surface area contributed by atoms with E-state index in [2.05, 4.69) is 0 Å². The number of benzene rings is 1. The molecule has 0 aromatic heterocycles. The number of carboxylic acid groups (broad SMARTS) is 2. The largest absolute Gasteiger partial charge is 0.493 e. The lowest BCUT2D eigenvalue weighted by molar-refractivity contribution is -0.385. The predicted molar refractivity (Wildman–Crippen MR) is 68.8 cm³/mol. The fraction of sp³-hybridized carbons (Fsp3) is 0.333. The summed E-state index contributed by atoms with van der Waals surface area (Å²) in [4.78, 5) is 32.2. The van der Waals surface area contributed by atoms with Gasteiger partial charge in [-0.3, -0.25) is 19.7 Å². The van der Waals surface area contributed by atoms with Crippen molar-refractivity contribution in [2.75, 3.05) is 14.2 Å². The number of nitro groups is 1. The fourth-order valence-corrected chi connectivity index (χ4v) is 1.83. The van der Waals surface area contributed by atoms with Gasteiger partial charge in [0.25, 0.3) is 5.69 Å². The minimum absolute atomic E-state index is 0.0485. The van der Waals surface area contributed by atoms with Crippen molar-refractivity contribution in [3.63, 3.8) is 0 Å². The van der Waals surface area contributed by atoms with Gasteiger partial charge in [0.1, 0.15) is 0 Å². The monoisotopic (exact) mass is 299 g/mol. The molecule has 1 aromatic rings. The van der Waals surface area contributed by atoms with Gasteiger partial charge in [0.2, 0.25) is 0 Å². The van der Waals surface area contributed by atoms with E-state index in [4.69, 9.17) is 19.7 Å². The van der Waals surface area contributed by atoms with Crippen molar-refractivity contribution in [1.29, 1.82) is 0 Å². The first-order chi connectivity index (χ1) is 9.81. The SMILES string of the molecule is COc1cc([C@@H](CC(=O)O)C(=O)O)c([N+](=O)[O-])cc1OC. The number of ether oxygens (including phenoxy) is 2. The summed E-state index contributed by atoms with van der Waals surface area (Å²) in [5.41, 5.74) is -0.797. The summed E-state index contributed by atoms with van der Waals surface area (Å²) in [6.07, 6.45) is -0.786. The molecule has 0 spiro atoms. The van der Waals surface area contributed by atoms with Gasteiger partial charge in [0.15, 0.2) is 11.5 Å². The molecule has 0 radical (unpaired) electrons. The number of carboxylic acids is 2. The summed E-state index contributed by atoms with van der Waals surface area (Å²) in [6, 6.07) is 2.12.